The maximum absolute atomic E-state index is 12.1. The number of amides is 3. The molecule has 1 saturated heterocycles. The normalized spacial score (nSPS) is 14.4. The topological polar surface area (TPSA) is 99.2 Å². The van der Waals surface area contributed by atoms with Gasteiger partial charge in [-0.05, 0) is 17.7 Å². The summed E-state index contributed by atoms with van der Waals surface area (Å²) in [5.41, 5.74) is 1.03. The quantitative estimate of drug-likeness (QED) is 0.811. The molecule has 0 aromatic heterocycles. The summed E-state index contributed by atoms with van der Waals surface area (Å²) in [7, 11) is 1.48. The summed E-state index contributed by atoms with van der Waals surface area (Å²) in [6.07, 6.45) is 0. The molecule has 0 unspecified atom stereocenters. The average molecular weight is 335 g/mol. The fourth-order valence-electron chi connectivity index (χ4n) is 2.43. The van der Waals surface area contributed by atoms with Gasteiger partial charge in [-0.2, -0.15) is 0 Å². The summed E-state index contributed by atoms with van der Waals surface area (Å²) in [6.45, 7) is 2.30. The minimum Gasteiger partial charge on any atom is -0.478 e. The zero-order valence-corrected chi connectivity index (χ0v) is 13.5. The first-order chi connectivity index (χ1) is 11.5. The molecule has 3 amide bonds. The number of urea groups is 1. The second-order valence-corrected chi connectivity index (χ2v) is 5.46. The molecule has 1 fully saturated rings. The number of ether oxygens (including phenoxy) is 1. The third-order valence-electron chi connectivity index (χ3n) is 3.83. The molecular weight excluding hydrogens is 314 g/mol. The van der Waals surface area contributed by atoms with Crippen LogP contribution in [-0.2, 0) is 16.1 Å². The third-order valence-corrected chi connectivity index (χ3v) is 3.83. The molecule has 1 aromatic rings. The maximum Gasteiger partial charge on any atom is 0.335 e. The highest BCUT2D eigenvalue weighted by atomic mass is 16.5. The summed E-state index contributed by atoms with van der Waals surface area (Å²) in [4.78, 5) is 38.0. The van der Waals surface area contributed by atoms with Crippen molar-refractivity contribution in [2.45, 2.75) is 6.54 Å². The first-order valence-electron chi connectivity index (χ1n) is 7.63. The van der Waals surface area contributed by atoms with Gasteiger partial charge in [-0.15, -0.1) is 0 Å². The summed E-state index contributed by atoms with van der Waals surface area (Å²) in [5.74, 6) is -1.05. The Morgan fingerprint density at radius 2 is 1.67 bits per heavy atom. The Morgan fingerprint density at radius 1 is 1.08 bits per heavy atom. The van der Waals surface area contributed by atoms with Crippen molar-refractivity contribution in [3.05, 3.63) is 35.4 Å². The van der Waals surface area contributed by atoms with E-state index in [9.17, 15) is 14.4 Å². The Balaban J connectivity index is 1.77. The van der Waals surface area contributed by atoms with Crippen LogP contribution in [0.15, 0.2) is 24.3 Å². The van der Waals surface area contributed by atoms with E-state index in [4.69, 9.17) is 9.84 Å². The maximum atomic E-state index is 12.1. The van der Waals surface area contributed by atoms with E-state index in [1.165, 1.54) is 19.2 Å². The zero-order chi connectivity index (χ0) is 17.5. The van der Waals surface area contributed by atoms with Crippen molar-refractivity contribution in [2.75, 3.05) is 39.9 Å². The number of rotatable bonds is 5. The predicted octanol–water partition coefficient (Wildman–Crippen LogP) is 0.385. The van der Waals surface area contributed by atoms with Crippen molar-refractivity contribution in [3.8, 4) is 0 Å². The van der Waals surface area contributed by atoms with E-state index in [1.807, 2.05) is 0 Å². The summed E-state index contributed by atoms with van der Waals surface area (Å²) >= 11 is 0. The molecule has 130 valence electrons. The smallest absolute Gasteiger partial charge is 0.335 e. The van der Waals surface area contributed by atoms with Crippen LogP contribution < -0.4 is 5.32 Å². The van der Waals surface area contributed by atoms with E-state index < -0.39 is 5.97 Å². The average Bonchev–Trinajstić information content (AvgIpc) is 2.60. The van der Waals surface area contributed by atoms with Crippen LogP contribution in [0.4, 0.5) is 4.79 Å². The molecule has 1 aliphatic heterocycles. The Bertz CT molecular complexity index is 594. The predicted molar refractivity (Wildman–Crippen MR) is 85.7 cm³/mol. The Labute approximate surface area is 140 Å². The highest BCUT2D eigenvalue weighted by Gasteiger charge is 2.23. The molecule has 2 N–H and O–H groups in total. The first kappa shape index (κ1) is 17.7. The molecule has 0 atom stereocenters. The lowest BCUT2D eigenvalue weighted by atomic mass is 10.1. The molecule has 2 rings (SSSR count). The number of piperazine rings is 1. The van der Waals surface area contributed by atoms with E-state index in [2.05, 4.69) is 5.32 Å². The molecule has 0 saturated carbocycles. The van der Waals surface area contributed by atoms with Crippen molar-refractivity contribution in [2.24, 2.45) is 0 Å². The number of carboxylic acids is 1. The number of hydrogen-bond acceptors (Lipinski definition) is 4. The van der Waals surface area contributed by atoms with Crippen LogP contribution in [0.3, 0.4) is 0 Å². The van der Waals surface area contributed by atoms with Crippen LogP contribution in [0.2, 0.25) is 0 Å². The van der Waals surface area contributed by atoms with Crippen LogP contribution in [-0.4, -0.2) is 72.7 Å². The number of benzene rings is 1. The van der Waals surface area contributed by atoms with Crippen LogP contribution in [0.5, 0.6) is 0 Å². The van der Waals surface area contributed by atoms with Gasteiger partial charge in [0.2, 0.25) is 5.91 Å². The number of hydrogen-bond donors (Lipinski definition) is 2. The fourth-order valence-corrected chi connectivity index (χ4v) is 2.43. The molecule has 24 heavy (non-hydrogen) atoms. The number of methoxy groups -OCH3 is 1. The van der Waals surface area contributed by atoms with Gasteiger partial charge in [-0.25, -0.2) is 9.59 Å². The van der Waals surface area contributed by atoms with Crippen molar-refractivity contribution in [1.29, 1.82) is 0 Å². The molecule has 1 heterocycles. The van der Waals surface area contributed by atoms with Crippen LogP contribution in [0.25, 0.3) is 0 Å². The highest BCUT2D eigenvalue weighted by molar-refractivity contribution is 5.87. The van der Waals surface area contributed by atoms with Crippen LogP contribution in [0, 0.1) is 0 Å². The largest absolute Gasteiger partial charge is 0.478 e. The number of aromatic carboxylic acids is 1. The molecule has 8 nitrogen and oxygen atoms in total. The Hall–Kier alpha value is -2.61. The van der Waals surface area contributed by atoms with Gasteiger partial charge < -0.3 is 25.0 Å². The van der Waals surface area contributed by atoms with Gasteiger partial charge >= 0.3 is 12.0 Å². The van der Waals surface area contributed by atoms with Crippen molar-refractivity contribution in [3.63, 3.8) is 0 Å². The standard InChI is InChI=1S/C16H21N3O5/c1-24-11-14(20)18-6-8-19(9-7-18)16(23)17-10-12-2-4-13(5-3-12)15(21)22/h2-5H,6-11H2,1H3,(H,17,23)(H,21,22). The lowest BCUT2D eigenvalue weighted by molar-refractivity contribution is -0.136. The number of nitrogens with one attached hydrogen (secondary N) is 1. The summed E-state index contributed by atoms with van der Waals surface area (Å²) in [6, 6.07) is 6.15. The SMILES string of the molecule is COCC(=O)N1CCN(C(=O)NCc2ccc(C(=O)O)cc2)CC1. The van der Waals surface area contributed by atoms with Gasteiger partial charge in [-0.1, -0.05) is 12.1 Å². The fraction of sp³-hybridized carbons (Fsp3) is 0.438. The summed E-state index contributed by atoms with van der Waals surface area (Å²) in [5, 5.41) is 11.6. The molecule has 1 aliphatic rings. The van der Waals surface area contributed by atoms with E-state index in [-0.39, 0.29) is 24.1 Å². The van der Waals surface area contributed by atoms with E-state index in [0.29, 0.717) is 32.7 Å². The number of carbonyl (C=O) groups excluding carboxylic acids is 2. The lowest BCUT2D eigenvalue weighted by Crippen LogP contribution is -2.53. The Kier molecular flexibility index (Phi) is 6.14. The molecule has 0 radical (unpaired) electrons. The summed E-state index contributed by atoms with van der Waals surface area (Å²) < 4.78 is 4.82. The highest BCUT2D eigenvalue weighted by Crippen LogP contribution is 2.06. The van der Waals surface area contributed by atoms with E-state index >= 15 is 0 Å². The second-order valence-electron chi connectivity index (χ2n) is 5.46. The van der Waals surface area contributed by atoms with Crippen molar-refractivity contribution >= 4 is 17.9 Å². The van der Waals surface area contributed by atoms with E-state index in [1.54, 1.807) is 21.9 Å². The second kappa shape index (κ2) is 8.30. The minimum atomic E-state index is -0.980. The molecular formula is C16H21N3O5. The van der Waals surface area contributed by atoms with Gasteiger partial charge in [0.1, 0.15) is 6.61 Å². The molecule has 0 spiro atoms. The van der Waals surface area contributed by atoms with Gasteiger partial charge in [0, 0.05) is 39.8 Å². The number of nitrogens with zero attached hydrogens (tertiary/aromatic N) is 2. The molecule has 0 aliphatic carbocycles. The van der Waals surface area contributed by atoms with Gasteiger partial charge in [0.25, 0.3) is 0 Å². The van der Waals surface area contributed by atoms with Crippen molar-refractivity contribution in [1.82, 2.24) is 15.1 Å². The first-order valence-corrected chi connectivity index (χ1v) is 7.63. The lowest BCUT2D eigenvalue weighted by Gasteiger charge is -2.34. The zero-order valence-electron chi connectivity index (χ0n) is 13.5. The molecule has 8 heteroatoms. The van der Waals surface area contributed by atoms with Gasteiger partial charge in [0.15, 0.2) is 0 Å². The number of carbonyl (C=O) groups is 3. The number of carboxylic acid groups (broad SMARTS) is 1. The molecule has 0 bridgehead atoms. The van der Waals surface area contributed by atoms with Gasteiger partial charge in [0.05, 0.1) is 5.56 Å². The van der Waals surface area contributed by atoms with Gasteiger partial charge in [-0.3, -0.25) is 4.79 Å². The van der Waals surface area contributed by atoms with Crippen LogP contribution >= 0.6 is 0 Å². The Morgan fingerprint density at radius 3 is 2.21 bits per heavy atom. The monoisotopic (exact) mass is 335 g/mol. The van der Waals surface area contributed by atoms with Crippen LogP contribution in [0.1, 0.15) is 15.9 Å². The molecule has 1 aromatic carbocycles. The third kappa shape index (κ3) is 4.69. The minimum absolute atomic E-state index is 0.0541. The van der Waals surface area contributed by atoms with Crippen molar-refractivity contribution < 1.29 is 24.2 Å². The van der Waals surface area contributed by atoms with E-state index in [0.717, 1.165) is 5.56 Å².